The van der Waals surface area contributed by atoms with Gasteiger partial charge in [-0.05, 0) is 73.8 Å². The van der Waals surface area contributed by atoms with Crippen LogP contribution < -0.4 is 0 Å². The zero-order chi connectivity index (χ0) is 38.9. The van der Waals surface area contributed by atoms with Gasteiger partial charge in [-0.15, -0.1) is 11.3 Å². The van der Waals surface area contributed by atoms with Crippen molar-refractivity contribution >= 4 is 74.7 Å². The highest BCUT2D eigenvalue weighted by atomic mass is 32.1. The van der Waals surface area contributed by atoms with Crippen LogP contribution >= 0.6 is 11.3 Å². The van der Waals surface area contributed by atoms with Gasteiger partial charge in [-0.2, -0.15) is 0 Å². The molecule has 0 aliphatic rings. The largest absolute Gasteiger partial charge is 0.247 e. The molecule has 3 nitrogen and oxygen atoms in total. The zero-order valence-corrected chi connectivity index (χ0v) is 32.6. The Morgan fingerprint density at radius 2 is 0.915 bits per heavy atom. The van der Waals surface area contributed by atoms with E-state index in [1.165, 1.54) is 63.4 Å². The normalized spacial score (nSPS) is 11.7. The molecule has 0 aliphatic heterocycles. The number of aromatic nitrogens is 3. The van der Waals surface area contributed by atoms with Crippen LogP contribution in [0.15, 0.2) is 200 Å². The molecule has 0 saturated carbocycles. The summed E-state index contributed by atoms with van der Waals surface area (Å²) in [6, 6.07) is 71.4. The van der Waals surface area contributed by atoms with Crippen molar-refractivity contribution in [3.05, 3.63) is 200 Å². The lowest BCUT2D eigenvalue weighted by molar-refractivity contribution is 1.18. The molecule has 0 spiro atoms. The Kier molecular flexibility index (Phi) is 7.72. The van der Waals surface area contributed by atoms with E-state index in [9.17, 15) is 0 Å². The summed E-state index contributed by atoms with van der Waals surface area (Å²) in [5.41, 5.74) is 10.2. The Morgan fingerprint density at radius 1 is 0.339 bits per heavy atom. The highest BCUT2D eigenvalue weighted by Gasteiger charge is 2.18. The van der Waals surface area contributed by atoms with Crippen LogP contribution in [0.4, 0.5) is 0 Å². The van der Waals surface area contributed by atoms with Crippen molar-refractivity contribution in [3.63, 3.8) is 0 Å². The lowest BCUT2D eigenvalue weighted by Gasteiger charge is -2.13. The lowest BCUT2D eigenvalue weighted by Crippen LogP contribution is -1.96. The average molecular weight is 768 g/mol. The Labute approximate surface area is 344 Å². The molecule has 0 N–H and O–H groups in total. The van der Waals surface area contributed by atoms with Gasteiger partial charge in [-0.25, -0.2) is 15.0 Å². The number of benzene rings is 9. The average Bonchev–Trinajstić information content (AvgIpc) is 3.71. The summed E-state index contributed by atoms with van der Waals surface area (Å²) in [6.07, 6.45) is 0. The van der Waals surface area contributed by atoms with Gasteiger partial charge in [0.05, 0.1) is 22.6 Å². The fraction of sp³-hybridized carbons (Fsp3) is 0. The minimum Gasteiger partial charge on any atom is -0.247 e. The highest BCUT2D eigenvalue weighted by Crippen LogP contribution is 2.43. The monoisotopic (exact) mass is 767 g/mol. The van der Waals surface area contributed by atoms with Crippen LogP contribution in [-0.2, 0) is 0 Å². The third-order valence-electron chi connectivity index (χ3n) is 11.7. The van der Waals surface area contributed by atoms with Crippen molar-refractivity contribution in [2.24, 2.45) is 0 Å². The van der Waals surface area contributed by atoms with Crippen molar-refractivity contribution in [2.75, 3.05) is 0 Å². The summed E-state index contributed by atoms with van der Waals surface area (Å²) < 4.78 is 2.54. The van der Waals surface area contributed by atoms with E-state index >= 15 is 0 Å². The van der Waals surface area contributed by atoms with Crippen LogP contribution in [0, 0.1) is 0 Å². The molecule has 12 aromatic rings. The Hall–Kier alpha value is -7.53. The summed E-state index contributed by atoms with van der Waals surface area (Å²) in [5, 5.41) is 11.0. The first-order valence-electron chi connectivity index (χ1n) is 19.9. The van der Waals surface area contributed by atoms with Crippen molar-refractivity contribution < 1.29 is 0 Å². The summed E-state index contributed by atoms with van der Waals surface area (Å²) in [6.45, 7) is 0. The molecule has 0 amide bonds. The van der Waals surface area contributed by atoms with Crippen LogP contribution in [0.5, 0.6) is 0 Å². The molecule has 9 aromatic carbocycles. The quantitative estimate of drug-likeness (QED) is 0.164. The molecule has 3 aromatic heterocycles. The predicted molar refractivity (Wildman–Crippen MR) is 250 cm³/mol. The molecule has 3 heterocycles. The molecule has 59 heavy (non-hydrogen) atoms. The SMILES string of the molecule is c1ccc2cc(-c3cc(-c4ccc(-c5nc6ccccc6c6sc7ccccc7c56)cc4)nc(-c4ccc(-c5cc6ccccc6c6ccccc56)cc4)n3)ccc2c1. The van der Waals surface area contributed by atoms with Gasteiger partial charge in [0.1, 0.15) is 0 Å². The van der Waals surface area contributed by atoms with E-state index in [1.807, 2.05) is 11.3 Å². The number of para-hydroxylation sites is 1. The molecule has 0 saturated heterocycles. The van der Waals surface area contributed by atoms with Crippen LogP contribution in [0.2, 0.25) is 0 Å². The maximum Gasteiger partial charge on any atom is 0.160 e. The van der Waals surface area contributed by atoms with Crippen LogP contribution in [0.1, 0.15) is 0 Å². The molecular formula is C55H33N3S. The third-order valence-corrected chi connectivity index (χ3v) is 12.9. The second kappa shape index (κ2) is 13.6. The van der Waals surface area contributed by atoms with E-state index in [4.69, 9.17) is 15.0 Å². The number of pyridine rings is 1. The molecule has 0 unspecified atom stereocenters. The molecule has 0 radical (unpaired) electrons. The van der Waals surface area contributed by atoms with E-state index in [1.54, 1.807) is 0 Å². The smallest absolute Gasteiger partial charge is 0.160 e. The number of thiophene rings is 1. The third kappa shape index (κ3) is 5.68. The first-order valence-corrected chi connectivity index (χ1v) is 20.7. The van der Waals surface area contributed by atoms with Gasteiger partial charge in [0.2, 0.25) is 0 Å². The molecule has 0 bridgehead atoms. The van der Waals surface area contributed by atoms with Gasteiger partial charge < -0.3 is 0 Å². The maximum absolute atomic E-state index is 5.27. The van der Waals surface area contributed by atoms with Gasteiger partial charge in [0.25, 0.3) is 0 Å². The molecule has 0 atom stereocenters. The van der Waals surface area contributed by atoms with Gasteiger partial charge in [0.15, 0.2) is 5.82 Å². The minimum absolute atomic E-state index is 0.687. The van der Waals surface area contributed by atoms with Crippen LogP contribution in [-0.4, -0.2) is 15.0 Å². The molecule has 0 aliphatic carbocycles. The van der Waals surface area contributed by atoms with Crippen LogP contribution in [0.25, 0.3) is 120 Å². The van der Waals surface area contributed by atoms with E-state index in [0.717, 1.165) is 50.4 Å². The first-order chi connectivity index (χ1) is 29.2. The standard InChI is InChI=1S/C55H33N3S/c1-2-12-39-31-41(30-21-34(39)11-1)50-33-49(36-24-26-37(27-25-36)53-52-46-18-8-10-20-51(46)59-54(52)45-17-7-9-19-48(45)56-53)57-55(58-50)38-28-22-35(23-29-38)47-32-40-13-3-4-14-42(40)43-15-5-6-16-44(43)47/h1-33H. The summed E-state index contributed by atoms with van der Waals surface area (Å²) >= 11 is 1.84. The molecule has 0 fully saturated rings. The summed E-state index contributed by atoms with van der Waals surface area (Å²) in [4.78, 5) is 15.8. The van der Waals surface area contributed by atoms with Gasteiger partial charge >= 0.3 is 0 Å². The Morgan fingerprint density at radius 3 is 1.73 bits per heavy atom. The van der Waals surface area contributed by atoms with Crippen molar-refractivity contribution in [1.82, 2.24) is 15.0 Å². The van der Waals surface area contributed by atoms with Gasteiger partial charge in [-0.1, -0.05) is 170 Å². The second-order valence-corrected chi connectivity index (χ2v) is 16.2. The molecular weight excluding hydrogens is 735 g/mol. The Bertz CT molecular complexity index is 3600. The van der Waals surface area contributed by atoms with Crippen molar-refractivity contribution in [3.8, 4) is 56.3 Å². The highest BCUT2D eigenvalue weighted by molar-refractivity contribution is 7.26. The van der Waals surface area contributed by atoms with E-state index in [2.05, 4.69) is 200 Å². The minimum atomic E-state index is 0.687. The van der Waals surface area contributed by atoms with Crippen LogP contribution in [0.3, 0.4) is 0 Å². The molecule has 12 rings (SSSR count). The molecule has 274 valence electrons. The first kappa shape index (κ1) is 33.6. The lowest BCUT2D eigenvalue weighted by atomic mass is 9.93. The van der Waals surface area contributed by atoms with Crippen molar-refractivity contribution in [1.29, 1.82) is 0 Å². The van der Waals surface area contributed by atoms with E-state index in [0.29, 0.717) is 5.82 Å². The molecule has 4 heteroatoms. The summed E-state index contributed by atoms with van der Waals surface area (Å²) in [5.74, 6) is 0.687. The summed E-state index contributed by atoms with van der Waals surface area (Å²) in [7, 11) is 0. The second-order valence-electron chi connectivity index (χ2n) is 15.1. The van der Waals surface area contributed by atoms with Gasteiger partial charge in [-0.3, -0.25) is 0 Å². The van der Waals surface area contributed by atoms with Gasteiger partial charge in [0, 0.05) is 47.8 Å². The Balaban J connectivity index is 0.984. The number of fused-ring (bicyclic) bond motifs is 9. The van der Waals surface area contributed by atoms with E-state index in [-0.39, 0.29) is 0 Å². The topological polar surface area (TPSA) is 38.7 Å². The fourth-order valence-electron chi connectivity index (χ4n) is 8.73. The number of hydrogen-bond donors (Lipinski definition) is 0. The predicted octanol–water partition coefficient (Wildman–Crippen LogP) is 15.2. The fourth-order valence-corrected chi connectivity index (χ4v) is 9.97. The number of nitrogens with zero attached hydrogens (tertiary/aromatic N) is 3. The van der Waals surface area contributed by atoms with Crippen molar-refractivity contribution in [2.45, 2.75) is 0 Å². The van der Waals surface area contributed by atoms with E-state index < -0.39 is 0 Å². The number of hydrogen-bond acceptors (Lipinski definition) is 4. The maximum atomic E-state index is 5.27. The zero-order valence-electron chi connectivity index (χ0n) is 31.8. The number of rotatable bonds is 5.